The zero-order valence-electron chi connectivity index (χ0n) is 18.9. The number of nitrogens with one attached hydrogen (secondary N) is 1. The maximum atomic E-state index is 13.3. The van der Waals surface area contributed by atoms with E-state index in [-0.39, 0.29) is 17.9 Å². The number of aryl methyl sites for hydroxylation is 2. The van der Waals surface area contributed by atoms with Crippen molar-refractivity contribution in [3.05, 3.63) is 69.2 Å². The summed E-state index contributed by atoms with van der Waals surface area (Å²) in [6.07, 6.45) is 6.49. The Bertz CT molecular complexity index is 924. The molecule has 2 aromatic rings. The molecule has 1 fully saturated rings. The lowest BCUT2D eigenvalue weighted by atomic mass is 9.95. The molecule has 0 aromatic heterocycles. The third-order valence-electron chi connectivity index (χ3n) is 6.20. The van der Waals surface area contributed by atoms with Crippen LogP contribution in [-0.2, 0) is 22.6 Å². The minimum absolute atomic E-state index is 0.0528. The lowest BCUT2D eigenvalue weighted by Gasteiger charge is -2.31. The first-order valence-corrected chi connectivity index (χ1v) is 12.2. The number of carbonyl (C=O) groups is 2. The third kappa shape index (κ3) is 6.98. The first kappa shape index (κ1) is 24.6. The molecule has 1 N–H and O–H groups in total. The highest BCUT2D eigenvalue weighted by Gasteiger charge is 2.28. The van der Waals surface area contributed by atoms with E-state index in [4.69, 9.17) is 23.2 Å². The first-order valence-electron chi connectivity index (χ1n) is 11.4. The number of nitrogens with zero attached hydrogens (tertiary/aromatic N) is 1. The molecular weight excluding hydrogens is 443 g/mol. The number of hydrogen-bond acceptors (Lipinski definition) is 2. The minimum Gasteiger partial charge on any atom is -0.352 e. The molecule has 6 heteroatoms. The summed E-state index contributed by atoms with van der Waals surface area (Å²) in [6, 6.07) is 13.2. The predicted octanol–water partition coefficient (Wildman–Crippen LogP) is 6.10. The second-order valence-corrected chi connectivity index (χ2v) is 9.59. The number of benzene rings is 2. The summed E-state index contributed by atoms with van der Waals surface area (Å²) in [5.74, 6) is -0.149. The van der Waals surface area contributed by atoms with Crippen molar-refractivity contribution in [2.75, 3.05) is 0 Å². The maximum absolute atomic E-state index is 13.3. The van der Waals surface area contributed by atoms with Crippen LogP contribution in [0, 0.1) is 6.92 Å². The molecule has 0 radical (unpaired) electrons. The van der Waals surface area contributed by atoms with E-state index in [0.29, 0.717) is 29.4 Å². The minimum atomic E-state index is -0.572. The highest BCUT2D eigenvalue weighted by atomic mass is 35.5. The molecule has 0 heterocycles. The van der Waals surface area contributed by atoms with Crippen molar-refractivity contribution < 1.29 is 9.59 Å². The summed E-state index contributed by atoms with van der Waals surface area (Å²) in [4.78, 5) is 28.0. The molecule has 1 atom stereocenters. The first-order chi connectivity index (χ1) is 15.3. The Morgan fingerprint density at radius 2 is 1.66 bits per heavy atom. The van der Waals surface area contributed by atoms with Gasteiger partial charge in [0.25, 0.3) is 0 Å². The van der Waals surface area contributed by atoms with Gasteiger partial charge in [0.1, 0.15) is 6.04 Å². The van der Waals surface area contributed by atoms with Crippen molar-refractivity contribution in [2.45, 2.75) is 77.4 Å². The van der Waals surface area contributed by atoms with Crippen molar-refractivity contribution in [1.82, 2.24) is 10.2 Å². The molecule has 4 nitrogen and oxygen atoms in total. The quantitative estimate of drug-likeness (QED) is 0.502. The average molecular weight is 475 g/mol. The Morgan fingerprint density at radius 1 is 1.00 bits per heavy atom. The Morgan fingerprint density at radius 3 is 2.31 bits per heavy atom. The van der Waals surface area contributed by atoms with E-state index in [1.807, 2.05) is 37.3 Å². The van der Waals surface area contributed by atoms with Crippen LogP contribution in [0.3, 0.4) is 0 Å². The van der Waals surface area contributed by atoms with E-state index in [1.165, 1.54) is 12.0 Å². The standard InChI is InChI=1S/C26H32Cl2N2O2/c1-18-8-10-20(11-9-18)13-15-25(31)30(17-21-12-14-23(27)24(28)16-21)19(2)26(32)29-22-6-4-3-5-7-22/h8-12,14,16,19,22H,3-7,13,15,17H2,1-2H3,(H,29,32)/t19-/m1/s1. The topological polar surface area (TPSA) is 49.4 Å². The van der Waals surface area contributed by atoms with Crippen LogP contribution in [-0.4, -0.2) is 28.8 Å². The number of amides is 2. The number of carbonyl (C=O) groups excluding carboxylic acids is 2. The molecule has 32 heavy (non-hydrogen) atoms. The molecule has 0 saturated heterocycles. The molecule has 172 valence electrons. The van der Waals surface area contributed by atoms with E-state index in [2.05, 4.69) is 5.32 Å². The fraction of sp³-hybridized carbons (Fsp3) is 0.462. The van der Waals surface area contributed by atoms with E-state index >= 15 is 0 Å². The fourth-order valence-electron chi connectivity index (χ4n) is 4.14. The molecule has 3 rings (SSSR count). The Kier molecular flexibility index (Phi) is 9.01. The van der Waals surface area contributed by atoms with E-state index < -0.39 is 6.04 Å². The van der Waals surface area contributed by atoms with Gasteiger partial charge in [0, 0.05) is 19.0 Å². The molecule has 1 saturated carbocycles. The zero-order chi connectivity index (χ0) is 23.1. The van der Waals surface area contributed by atoms with Crippen LogP contribution in [0.1, 0.15) is 62.1 Å². The molecule has 2 amide bonds. The monoisotopic (exact) mass is 474 g/mol. The average Bonchev–Trinajstić information content (AvgIpc) is 2.79. The van der Waals surface area contributed by atoms with Gasteiger partial charge < -0.3 is 10.2 Å². The van der Waals surface area contributed by atoms with Crippen molar-refractivity contribution in [3.63, 3.8) is 0 Å². The highest BCUT2D eigenvalue weighted by Crippen LogP contribution is 2.24. The molecule has 1 aliphatic rings. The zero-order valence-corrected chi connectivity index (χ0v) is 20.4. The van der Waals surface area contributed by atoms with Crippen molar-refractivity contribution >= 4 is 35.0 Å². The summed E-state index contributed by atoms with van der Waals surface area (Å²) < 4.78 is 0. The normalized spacial score (nSPS) is 15.2. The van der Waals surface area contributed by atoms with Crippen LogP contribution in [0.2, 0.25) is 10.0 Å². The molecule has 0 spiro atoms. The van der Waals surface area contributed by atoms with Crippen LogP contribution in [0.5, 0.6) is 0 Å². The van der Waals surface area contributed by atoms with Gasteiger partial charge in [0.05, 0.1) is 10.0 Å². The van der Waals surface area contributed by atoms with Crippen LogP contribution < -0.4 is 5.32 Å². The van der Waals surface area contributed by atoms with Gasteiger partial charge in [-0.05, 0) is 56.4 Å². The third-order valence-corrected chi connectivity index (χ3v) is 6.94. The summed E-state index contributed by atoms with van der Waals surface area (Å²) >= 11 is 12.2. The predicted molar refractivity (Wildman–Crippen MR) is 131 cm³/mol. The van der Waals surface area contributed by atoms with Gasteiger partial charge in [-0.1, -0.05) is 78.4 Å². The molecule has 0 unspecified atom stereocenters. The van der Waals surface area contributed by atoms with Crippen molar-refractivity contribution in [2.24, 2.45) is 0 Å². The van der Waals surface area contributed by atoms with Crippen molar-refractivity contribution in [3.8, 4) is 0 Å². The van der Waals surface area contributed by atoms with Gasteiger partial charge >= 0.3 is 0 Å². The van der Waals surface area contributed by atoms with Crippen LogP contribution in [0.4, 0.5) is 0 Å². The molecule has 0 bridgehead atoms. The molecule has 2 aromatic carbocycles. The highest BCUT2D eigenvalue weighted by molar-refractivity contribution is 6.42. The Labute approximate surface area is 201 Å². The van der Waals surface area contributed by atoms with Gasteiger partial charge in [-0.2, -0.15) is 0 Å². The van der Waals surface area contributed by atoms with E-state index in [1.54, 1.807) is 24.0 Å². The Balaban J connectivity index is 1.72. The SMILES string of the molecule is Cc1ccc(CCC(=O)N(Cc2ccc(Cl)c(Cl)c2)[C@H](C)C(=O)NC2CCCCC2)cc1. The van der Waals surface area contributed by atoms with E-state index in [9.17, 15) is 9.59 Å². The number of hydrogen-bond donors (Lipinski definition) is 1. The maximum Gasteiger partial charge on any atom is 0.242 e. The number of rotatable bonds is 8. The summed E-state index contributed by atoms with van der Waals surface area (Å²) in [6.45, 7) is 4.16. The summed E-state index contributed by atoms with van der Waals surface area (Å²) in [7, 11) is 0. The van der Waals surface area contributed by atoms with Crippen LogP contribution >= 0.6 is 23.2 Å². The molecule has 1 aliphatic carbocycles. The fourth-order valence-corrected chi connectivity index (χ4v) is 4.46. The summed E-state index contributed by atoms with van der Waals surface area (Å²) in [5, 5.41) is 4.07. The van der Waals surface area contributed by atoms with Crippen LogP contribution in [0.15, 0.2) is 42.5 Å². The second kappa shape index (κ2) is 11.7. The van der Waals surface area contributed by atoms with Gasteiger partial charge in [-0.25, -0.2) is 0 Å². The largest absolute Gasteiger partial charge is 0.352 e. The van der Waals surface area contributed by atoms with E-state index in [0.717, 1.165) is 36.8 Å². The molecular formula is C26H32Cl2N2O2. The van der Waals surface area contributed by atoms with Crippen molar-refractivity contribution in [1.29, 1.82) is 0 Å². The van der Waals surface area contributed by atoms with Gasteiger partial charge in [0.2, 0.25) is 11.8 Å². The Hall–Kier alpha value is -2.04. The second-order valence-electron chi connectivity index (χ2n) is 8.78. The summed E-state index contributed by atoms with van der Waals surface area (Å²) in [5.41, 5.74) is 3.15. The lowest BCUT2D eigenvalue weighted by molar-refractivity contribution is -0.141. The number of halogens is 2. The van der Waals surface area contributed by atoms with Gasteiger partial charge in [-0.3, -0.25) is 9.59 Å². The van der Waals surface area contributed by atoms with Gasteiger partial charge in [0.15, 0.2) is 0 Å². The smallest absolute Gasteiger partial charge is 0.242 e. The van der Waals surface area contributed by atoms with Crippen LogP contribution in [0.25, 0.3) is 0 Å². The lowest BCUT2D eigenvalue weighted by Crippen LogP contribution is -2.50. The molecule has 0 aliphatic heterocycles. The van der Waals surface area contributed by atoms with Gasteiger partial charge in [-0.15, -0.1) is 0 Å².